The van der Waals surface area contributed by atoms with Gasteiger partial charge in [-0.2, -0.15) is 0 Å². The van der Waals surface area contributed by atoms with Gasteiger partial charge in [0.05, 0.1) is 0 Å². The predicted molar refractivity (Wildman–Crippen MR) is 176 cm³/mol. The highest BCUT2D eigenvalue weighted by Gasteiger charge is 2.30. The second-order valence-corrected chi connectivity index (χ2v) is 11.2. The summed E-state index contributed by atoms with van der Waals surface area (Å²) >= 11 is 0. The Morgan fingerprint density at radius 3 is 1.00 bits per heavy atom. The van der Waals surface area contributed by atoms with E-state index in [9.17, 15) is 10.2 Å². The monoisotopic (exact) mass is 565 g/mol. The number of aliphatic hydroxyl groups is 2. The van der Waals surface area contributed by atoms with Crippen molar-refractivity contribution < 1.29 is 19.7 Å². The molecule has 0 fully saturated rings. The van der Waals surface area contributed by atoms with E-state index in [0.717, 1.165) is 113 Å². The molecule has 0 aliphatic heterocycles. The van der Waals surface area contributed by atoms with Crippen LogP contribution in [0.1, 0.15) is 146 Å². The van der Waals surface area contributed by atoms with E-state index in [2.05, 4.69) is 13.8 Å². The van der Waals surface area contributed by atoms with Gasteiger partial charge >= 0.3 is 0 Å². The van der Waals surface area contributed by atoms with E-state index >= 15 is 0 Å². The van der Waals surface area contributed by atoms with Crippen LogP contribution in [0.3, 0.4) is 0 Å². The van der Waals surface area contributed by atoms with Crippen molar-refractivity contribution in [3.8, 4) is 0 Å². The second kappa shape index (κ2) is 25.5. The fourth-order valence-corrected chi connectivity index (χ4v) is 4.74. The van der Waals surface area contributed by atoms with Crippen molar-refractivity contribution in [1.82, 2.24) is 0 Å². The topological polar surface area (TPSA) is 58.9 Å². The largest absolute Gasteiger partial charge is 0.381 e. The number of hydrogen-bond donors (Lipinski definition) is 2. The third-order valence-corrected chi connectivity index (χ3v) is 8.19. The lowest BCUT2D eigenvalue weighted by Crippen LogP contribution is -2.31. The first-order valence-electron chi connectivity index (χ1n) is 16.2. The standard InChI is InChI=1S/2C18H34O2/c2*1-6-14-20-15-12-10-9-11-13-18(19,16(4)7-2)17(5)8-3/h2*7-8,19H,6,9-15H2,1-5H3/b16-7+,17-8+;16-7-,17-8+. The summed E-state index contributed by atoms with van der Waals surface area (Å²) in [6.07, 6.45) is 21.0. The predicted octanol–water partition coefficient (Wildman–Crippen LogP) is 10.1. The molecule has 1 atom stereocenters. The van der Waals surface area contributed by atoms with Gasteiger partial charge in [-0.3, -0.25) is 0 Å². The molecule has 0 aliphatic rings. The lowest BCUT2D eigenvalue weighted by Gasteiger charge is -2.30. The Morgan fingerprint density at radius 2 is 0.750 bits per heavy atom. The zero-order valence-electron chi connectivity index (χ0n) is 28.3. The molecule has 0 aromatic carbocycles. The Morgan fingerprint density at radius 1 is 0.475 bits per heavy atom. The minimum atomic E-state index is -0.748. The highest BCUT2D eigenvalue weighted by Crippen LogP contribution is 2.32. The maximum Gasteiger partial charge on any atom is 0.106 e. The Balaban J connectivity index is 0. The molecule has 236 valence electrons. The summed E-state index contributed by atoms with van der Waals surface area (Å²) in [5.74, 6) is 0. The molecule has 2 N–H and O–H groups in total. The first-order valence-corrected chi connectivity index (χ1v) is 16.2. The van der Waals surface area contributed by atoms with Crippen LogP contribution in [0.5, 0.6) is 0 Å². The van der Waals surface area contributed by atoms with Crippen molar-refractivity contribution in [2.45, 2.75) is 157 Å². The van der Waals surface area contributed by atoms with Gasteiger partial charge in [0.1, 0.15) is 11.2 Å². The Kier molecular flexibility index (Phi) is 26.1. The van der Waals surface area contributed by atoms with E-state index in [1.165, 1.54) is 12.8 Å². The molecule has 1 unspecified atom stereocenters. The highest BCUT2D eigenvalue weighted by molar-refractivity contribution is 5.30. The SMILES string of the molecule is C/C=C(/C)C(O)(CCCCCCOCCC)/C(C)=C/C.C/C=C(\C)C(O)(CCCCCCOCCC)/C(C)=C/C. The van der Waals surface area contributed by atoms with Gasteiger partial charge in [-0.15, -0.1) is 0 Å². The lowest BCUT2D eigenvalue weighted by atomic mass is 9.82. The molecule has 0 spiro atoms. The molecule has 0 radical (unpaired) electrons. The molecule has 0 aliphatic carbocycles. The van der Waals surface area contributed by atoms with Gasteiger partial charge in [0.15, 0.2) is 0 Å². The van der Waals surface area contributed by atoms with E-state index in [-0.39, 0.29) is 0 Å². The summed E-state index contributed by atoms with van der Waals surface area (Å²) in [5, 5.41) is 21.7. The molecular formula is C36H68O4. The average Bonchev–Trinajstić information content (AvgIpc) is 2.97. The van der Waals surface area contributed by atoms with Crippen LogP contribution in [0.15, 0.2) is 46.6 Å². The molecule has 0 rings (SSSR count). The first kappa shape index (κ1) is 40.9. The third kappa shape index (κ3) is 16.9. The van der Waals surface area contributed by atoms with Gasteiger partial charge in [-0.25, -0.2) is 0 Å². The van der Waals surface area contributed by atoms with Gasteiger partial charge < -0.3 is 19.7 Å². The molecule has 4 nitrogen and oxygen atoms in total. The van der Waals surface area contributed by atoms with Crippen molar-refractivity contribution >= 4 is 0 Å². The number of rotatable bonds is 22. The molecule has 0 heterocycles. The Hall–Kier alpha value is -1.20. The van der Waals surface area contributed by atoms with Gasteiger partial charge in [0, 0.05) is 26.4 Å². The van der Waals surface area contributed by atoms with Crippen LogP contribution in [0, 0.1) is 0 Å². The molecule has 0 aromatic heterocycles. The van der Waals surface area contributed by atoms with Gasteiger partial charge in [0.25, 0.3) is 0 Å². The normalized spacial score (nSPS) is 16.3. The number of unbranched alkanes of at least 4 members (excludes halogenated alkanes) is 6. The van der Waals surface area contributed by atoms with Crippen molar-refractivity contribution in [2.75, 3.05) is 26.4 Å². The van der Waals surface area contributed by atoms with Crippen LogP contribution in [0.4, 0.5) is 0 Å². The van der Waals surface area contributed by atoms with Crippen molar-refractivity contribution in [2.24, 2.45) is 0 Å². The molecule has 0 saturated carbocycles. The summed E-state index contributed by atoms with van der Waals surface area (Å²) in [6, 6.07) is 0. The molecular weight excluding hydrogens is 496 g/mol. The molecule has 0 bridgehead atoms. The van der Waals surface area contributed by atoms with E-state index in [4.69, 9.17) is 9.47 Å². The van der Waals surface area contributed by atoms with E-state index in [0.29, 0.717) is 0 Å². The van der Waals surface area contributed by atoms with Crippen LogP contribution >= 0.6 is 0 Å². The minimum absolute atomic E-state index is 0.748. The van der Waals surface area contributed by atoms with Crippen LogP contribution in [-0.4, -0.2) is 47.8 Å². The van der Waals surface area contributed by atoms with Crippen LogP contribution in [0.25, 0.3) is 0 Å². The summed E-state index contributed by atoms with van der Waals surface area (Å²) in [4.78, 5) is 0. The lowest BCUT2D eigenvalue weighted by molar-refractivity contribution is 0.101. The molecule has 4 heteroatoms. The summed E-state index contributed by atoms with van der Waals surface area (Å²) in [6.45, 7) is 23.8. The average molecular weight is 565 g/mol. The van der Waals surface area contributed by atoms with Crippen molar-refractivity contribution in [3.05, 3.63) is 46.6 Å². The minimum Gasteiger partial charge on any atom is -0.381 e. The first-order chi connectivity index (χ1) is 19.0. The fraction of sp³-hybridized carbons (Fsp3) is 0.778. The smallest absolute Gasteiger partial charge is 0.106 e. The number of allylic oxidation sites excluding steroid dienone is 4. The number of ether oxygens (including phenoxy) is 2. The van der Waals surface area contributed by atoms with E-state index < -0.39 is 11.2 Å². The second-order valence-electron chi connectivity index (χ2n) is 11.2. The third-order valence-electron chi connectivity index (χ3n) is 8.19. The quantitative estimate of drug-likeness (QED) is 0.101. The van der Waals surface area contributed by atoms with Crippen LogP contribution in [-0.2, 0) is 9.47 Å². The molecule has 0 aromatic rings. The van der Waals surface area contributed by atoms with Gasteiger partial charge in [0.2, 0.25) is 0 Å². The molecule has 0 amide bonds. The summed E-state index contributed by atoms with van der Waals surface area (Å²) < 4.78 is 10.9. The van der Waals surface area contributed by atoms with E-state index in [1.807, 2.05) is 79.7 Å². The summed E-state index contributed by atoms with van der Waals surface area (Å²) in [5.41, 5.74) is 2.72. The number of hydrogen-bond acceptors (Lipinski definition) is 4. The van der Waals surface area contributed by atoms with Crippen molar-refractivity contribution in [1.29, 1.82) is 0 Å². The Labute approximate surface area is 250 Å². The maximum absolute atomic E-state index is 10.9. The molecule has 40 heavy (non-hydrogen) atoms. The van der Waals surface area contributed by atoms with Crippen LogP contribution in [0.2, 0.25) is 0 Å². The van der Waals surface area contributed by atoms with Crippen molar-refractivity contribution in [3.63, 3.8) is 0 Å². The van der Waals surface area contributed by atoms with Crippen LogP contribution < -0.4 is 0 Å². The Bertz CT molecular complexity index is 631. The maximum atomic E-state index is 10.9. The van der Waals surface area contributed by atoms with E-state index in [1.54, 1.807) is 0 Å². The zero-order valence-corrected chi connectivity index (χ0v) is 28.3. The zero-order chi connectivity index (χ0) is 30.9. The van der Waals surface area contributed by atoms with Gasteiger partial charge in [-0.05, 0) is 129 Å². The highest BCUT2D eigenvalue weighted by atomic mass is 16.5. The summed E-state index contributed by atoms with van der Waals surface area (Å²) in [7, 11) is 0. The fourth-order valence-electron chi connectivity index (χ4n) is 4.74. The molecule has 0 saturated heterocycles. The van der Waals surface area contributed by atoms with Gasteiger partial charge in [-0.1, -0.05) is 63.8 Å².